The lowest BCUT2D eigenvalue weighted by atomic mass is 10.1. The maximum absolute atomic E-state index is 13.4. The summed E-state index contributed by atoms with van der Waals surface area (Å²) >= 11 is 0. The number of nitrogens with one attached hydrogen (secondary N) is 2. The van der Waals surface area contributed by atoms with Gasteiger partial charge in [0.1, 0.15) is 0 Å². The van der Waals surface area contributed by atoms with E-state index >= 15 is 0 Å². The second kappa shape index (κ2) is 9.92. The van der Waals surface area contributed by atoms with Crippen molar-refractivity contribution >= 4 is 39.2 Å². The van der Waals surface area contributed by atoms with E-state index < -0.39 is 28.1 Å². The standard InChI is InChI=1S/C27H27N5O5S/c1-17(28)25(33)29-21-9-7-19(8-10-21)26(34)31-14-13-20-15-22(11-12-24(20)31)38(36,37)32-16-23(30-27(32)35)18-5-3-2-4-6-18/h2-12,15,17,23H,13-14,16,28H2,1H3,(H,29,33)(H,30,35)/t17?,23-/m1/s1. The van der Waals surface area contributed by atoms with Crippen LogP contribution in [0.4, 0.5) is 16.2 Å². The summed E-state index contributed by atoms with van der Waals surface area (Å²) in [5, 5.41) is 5.41. The minimum absolute atomic E-state index is 0.00337. The van der Waals surface area contributed by atoms with Crippen LogP contribution < -0.4 is 21.3 Å². The summed E-state index contributed by atoms with van der Waals surface area (Å²) in [6, 6.07) is 18.5. The number of urea groups is 1. The van der Waals surface area contributed by atoms with Gasteiger partial charge >= 0.3 is 6.03 Å². The first-order valence-electron chi connectivity index (χ1n) is 12.1. The summed E-state index contributed by atoms with van der Waals surface area (Å²) < 4.78 is 27.6. The van der Waals surface area contributed by atoms with Gasteiger partial charge in [0, 0.05) is 23.5 Å². The first-order chi connectivity index (χ1) is 18.1. The predicted octanol–water partition coefficient (Wildman–Crippen LogP) is 2.63. The minimum Gasteiger partial charge on any atom is -0.328 e. The lowest BCUT2D eigenvalue weighted by Crippen LogP contribution is -2.34. The summed E-state index contributed by atoms with van der Waals surface area (Å²) in [5.41, 5.74) is 8.67. The number of sulfonamides is 1. The normalized spacial score (nSPS) is 17.6. The van der Waals surface area contributed by atoms with Gasteiger partial charge < -0.3 is 21.3 Å². The molecule has 0 aliphatic carbocycles. The lowest BCUT2D eigenvalue weighted by Gasteiger charge is -2.19. The number of hydrogen-bond acceptors (Lipinski definition) is 6. The van der Waals surface area contributed by atoms with Crippen LogP contribution in [0.3, 0.4) is 0 Å². The maximum atomic E-state index is 13.4. The fourth-order valence-electron chi connectivity index (χ4n) is 4.58. The first-order valence-corrected chi connectivity index (χ1v) is 13.6. The summed E-state index contributed by atoms with van der Waals surface area (Å²) in [7, 11) is -4.09. The molecule has 5 rings (SSSR count). The van der Waals surface area contributed by atoms with Crippen molar-refractivity contribution in [1.29, 1.82) is 0 Å². The quantitative estimate of drug-likeness (QED) is 0.445. The van der Waals surface area contributed by atoms with Gasteiger partial charge in [0.25, 0.3) is 15.9 Å². The predicted molar refractivity (Wildman–Crippen MR) is 142 cm³/mol. The van der Waals surface area contributed by atoms with E-state index in [-0.39, 0.29) is 23.3 Å². The van der Waals surface area contributed by atoms with Gasteiger partial charge in [-0.25, -0.2) is 17.5 Å². The average molecular weight is 534 g/mol. The number of rotatable bonds is 6. The number of carbonyl (C=O) groups is 3. The molecule has 2 aliphatic heterocycles. The van der Waals surface area contributed by atoms with Crippen LogP contribution in [-0.2, 0) is 21.2 Å². The molecule has 196 valence electrons. The summed E-state index contributed by atoms with van der Waals surface area (Å²) in [6.07, 6.45) is 0.478. The van der Waals surface area contributed by atoms with E-state index in [2.05, 4.69) is 10.6 Å². The minimum atomic E-state index is -4.09. The largest absolute Gasteiger partial charge is 0.331 e. The molecule has 2 atom stereocenters. The topological polar surface area (TPSA) is 142 Å². The molecule has 3 aromatic rings. The van der Waals surface area contributed by atoms with E-state index in [1.807, 2.05) is 30.3 Å². The molecule has 3 aromatic carbocycles. The number of benzene rings is 3. The molecule has 1 unspecified atom stereocenters. The molecule has 4 amide bonds. The molecule has 11 heteroatoms. The Kier molecular flexibility index (Phi) is 6.64. The molecule has 4 N–H and O–H groups in total. The Morgan fingerprint density at radius 1 is 1.05 bits per heavy atom. The van der Waals surface area contributed by atoms with Crippen molar-refractivity contribution in [3.63, 3.8) is 0 Å². The highest BCUT2D eigenvalue weighted by Crippen LogP contribution is 2.33. The first kappa shape index (κ1) is 25.4. The molecule has 38 heavy (non-hydrogen) atoms. The molecule has 10 nitrogen and oxygen atoms in total. The maximum Gasteiger partial charge on any atom is 0.331 e. The van der Waals surface area contributed by atoms with Gasteiger partial charge in [-0.3, -0.25) is 9.59 Å². The average Bonchev–Trinajstić information content (AvgIpc) is 3.53. The number of nitrogens with two attached hydrogens (primary N) is 1. The van der Waals surface area contributed by atoms with E-state index in [9.17, 15) is 22.8 Å². The molecular weight excluding hydrogens is 506 g/mol. The van der Waals surface area contributed by atoms with Crippen LogP contribution in [0.15, 0.2) is 77.7 Å². The number of hydrogen-bond donors (Lipinski definition) is 3. The zero-order valence-electron chi connectivity index (χ0n) is 20.6. The van der Waals surface area contributed by atoms with Crippen LogP contribution >= 0.6 is 0 Å². The van der Waals surface area contributed by atoms with Crippen molar-refractivity contribution in [3.05, 3.63) is 89.5 Å². The van der Waals surface area contributed by atoms with Crippen LogP contribution in [0.2, 0.25) is 0 Å². The van der Waals surface area contributed by atoms with Crippen molar-refractivity contribution in [2.45, 2.75) is 30.3 Å². The molecule has 0 saturated carbocycles. The summed E-state index contributed by atoms with van der Waals surface area (Å²) in [5.74, 6) is -0.570. The smallest absolute Gasteiger partial charge is 0.328 e. The third kappa shape index (κ3) is 4.73. The van der Waals surface area contributed by atoms with Crippen LogP contribution in [0.25, 0.3) is 0 Å². The summed E-state index contributed by atoms with van der Waals surface area (Å²) in [6.45, 7) is 1.96. The van der Waals surface area contributed by atoms with Crippen molar-refractivity contribution in [3.8, 4) is 0 Å². The molecule has 0 aromatic heterocycles. The SMILES string of the molecule is CC(N)C(=O)Nc1ccc(C(=O)N2CCc3cc(S(=O)(=O)N4C[C@H](c5ccccc5)NC4=O)ccc32)cc1. The van der Waals surface area contributed by atoms with Crippen LogP contribution in [-0.4, -0.2) is 49.7 Å². The monoisotopic (exact) mass is 533 g/mol. The fourth-order valence-corrected chi connectivity index (χ4v) is 5.98. The van der Waals surface area contributed by atoms with Gasteiger partial charge in [-0.15, -0.1) is 0 Å². The Balaban J connectivity index is 1.32. The highest BCUT2D eigenvalue weighted by atomic mass is 32.2. The second-order valence-electron chi connectivity index (χ2n) is 9.30. The highest BCUT2D eigenvalue weighted by Gasteiger charge is 2.39. The molecule has 0 spiro atoms. The second-order valence-corrected chi connectivity index (χ2v) is 11.2. The highest BCUT2D eigenvalue weighted by molar-refractivity contribution is 7.89. The number of carbonyl (C=O) groups excluding carboxylic acids is 3. The zero-order valence-corrected chi connectivity index (χ0v) is 21.4. The Morgan fingerprint density at radius 2 is 1.76 bits per heavy atom. The molecule has 1 saturated heterocycles. The fraction of sp³-hybridized carbons (Fsp3) is 0.222. The van der Waals surface area contributed by atoms with Gasteiger partial charge in [0.2, 0.25) is 5.91 Å². The van der Waals surface area contributed by atoms with E-state index in [0.29, 0.717) is 35.5 Å². The Bertz CT molecular complexity index is 1510. The van der Waals surface area contributed by atoms with Crippen molar-refractivity contribution in [2.75, 3.05) is 23.3 Å². The summed E-state index contributed by atoms with van der Waals surface area (Å²) in [4.78, 5) is 39.2. The third-order valence-corrected chi connectivity index (χ3v) is 8.41. The molecule has 0 bridgehead atoms. The van der Waals surface area contributed by atoms with Crippen LogP contribution in [0.1, 0.15) is 34.5 Å². The van der Waals surface area contributed by atoms with E-state index in [4.69, 9.17) is 5.73 Å². The zero-order chi connectivity index (χ0) is 27.0. The van der Waals surface area contributed by atoms with Crippen molar-refractivity contribution in [2.24, 2.45) is 5.73 Å². The molecular formula is C27H27N5O5S. The van der Waals surface area contributed by atoms with Gasteiger partial charge in [-0.1, -0.05) is 30.3 Å². The number of fused-ring (bicyclic) bond motifs is 1. The van der Waals surface area contributed by atoms with E-state index in [0.717, 1.165) is 9.87 Å². The van der Waals surface area contributed by atoms with E-state index in [1.54, 1.807) is 42.2 Å². The molecule has 0 radical (unpaired) electrons. The van der Waals surface area contributed by atoms with E-state index in [1.165, 1.54) is 12.1 Å². The van der Waals surface area contributed by atoms with Crippen LogP contribution in [0.5, 0.6) is 0 Å². The van der Waals surface area contributed by atoms with Crippen molar-refractivity contribution < 1.29 is 22.8 Å². The Hall–Kier alpha value is -4.22. The third-order valence-electron chi connectivity index (χ3n) is 6.67. The number of anilines is 2. The molecule has 2 heterocycles. The van der Waals surface area contributed by atoms with Gasteiger partial charge in [-0.2, -0.15) is 0 Å². The van der Waals surface area contributed by atoms with Gasteiger partial charge in [0.05, 0.1) is 23.5 Å². The van der Waals surface area contributed by atoms with Crippen molar-refractivity contribution in [1.82, 2.24) is 9.62 Å². The van der Waals surface area contributed by atoms with Gasteiger partial charge in [-0.05, 0) is 66.9 Å². The number of nitrogens with zero attached hydrogens (tertiary/aromatic N) is 2. The van der Waals surface area contributed by atoms with Gasteiger partial charge in [0.15, 0.2) is 0 Å². The van der Waals surface area contributed by atoms with Crippen LogP contribution in [0, 0.1) is 0 Å². The Morgan fingerprint density at radius 3 is 2.45 bits per heavy atom. The number of amides is 4. The molecule has 1 fully saturated rings. The Labute approximate surface area is 220 Å². The molecule has 2 aliphatic rings. The lowest BCUT2D eigenvalue weighted by molar-refractivity contribution is -0.117.